The van der Waals surface area contributed by atoms with Crippen molar-refractivity contribution in [3.63, 3.8) is 0 Å². The molecule has 8 heteroatoms. The maximum atomic E-state index is 9.15. The molecule has 0 bridgehead atoms. The van der Waals surface area contributed by atoms with Gasteiger partial charge in [-0.15, -0.1) is 0 Å². The number of rotatable bonds is 14. The van der Waals surface area contributed by atoms with Crippen molar-refractivity contribution in [2.45, 2.75) is 0 Å². The van der Waals surface area contributed by atoms with Crippen LogP contribution in [0.5, 0.6) is 23.0 Å². The molecule has 86 heavy (non-hydrogen) atoms. The first-order valence-electron chi connectivity index (χ1n) is 40.7. The van der Waals surface area contributed by atoms with Gasteiger partial charge in [0.05, 0.1) is 83.2 Å². The zero-order valence-corrected chi connectivity index (χ0v) is 45.7. The molecule has 15 aromatic rings. The third-order valence-corrected chi connectivity index (χ3v) is 14.7. The van der Waals surface area contributed by atoms with Crippen LogP contribution in [0.25, 0.3) is 77.2 Å². The van der Waals surface area contributed by atoms with Gasteiger partial charge in [-0.25, -0.2) is 0 Å². The van der Waals surface area contributed by atoms with E-state index >= 15 is 0 Å². The number of halogens is 2. The molecule has 13 aromatic carbocycles. The number of nitrogens with zero attached hydrogens (tertiary/aromatic N) is 4. The number of hydrogen-bond donors (Lipinski definition) is 0. The second-order valence-corrected chi connectivity index (χ2v) is 19.8. The SMILES string of the molecule is [2H]c1cc(N(c2ccc(Oc3cc(-n4c5ccccc5c5cc(-c6c([2H])c([2H])c([2H])c([2H])c6[2H])ccc54)c(Oc4ccc(N(c5c([2H])c([2H])c([2H])c([2H])c5[2H])c5c([2H])c([2H])c([2H])c([2H])c5[2H])cc4Cl)cc3-n3c4ccccc4c4cc(-c5c([2H])c([2H])c([2H])c([2H])c5[2H])ccc43)c(Cl)c2)c2c([2H])c([2H])c([2H])c([2H])c2[2H])c([2H])c([2H])c1[2H]. The maximum absolute atomic E-state index is 9.15. The van der Waals surface area contributed by atoms with Crippen molar-refractivity contribution in [3.05, 3.63) is 325 Å². The van der Waals surface area contributed by atoms with E-state index < -0.39 is 192 Å². The molecule has 0 saturated heterocycles. The first-order valence-corrected chi connectivity index (χ1v) is 27.0. The Balaban J connectivity index is 1.03. The van der Waals surface area contributed by atoms with Crippen LogP contribution in [-0.4, -0.2) is 9.13 Å². The molecular formula is C78H52Cl2N4O2. The third kappa shape index (κ3) is 9.63. The lowest BCUT2D eigenvalue weighted by Gasteiger charge is -2.26. The monoisotopic (exact) mass is 1180 g/mol. The van der Waals surface area contributed by atoms with E-state index in [2.05, 4.69) is 0 Å². The van der Waals surface area contributed by atoms with E-state index in [9.17, 15) is 0 Å². The normalized spacial score (nSPS) is 16.1. The van der Waals surface area contributed by atoms with E-state index in [-0.39, 0.29) is 83.7 Å². The highest BCUT2D eigenvalue weighted by Crippen LogP contribution is 2.49. The van der Waals surface area contributed by atoms with E-state index in [1.165, 1.54) is 36.4 Å². The Labute approximate surface area is 549 Å². The molecule has 0 saturated carbocycles. The number of ether oxygens (including phenoxy) is 2. The minimum atomic E-state index is -0.829. The van der Waals surface area contributed by atoms with Gasteiger partial charge in [0, 0.05) is 67.8 Å². The van der Waals surface area contributed by atoms with Crippen molar-refractivity contribution in [3.8, 4) is 56.6 Å². The highest BCUT2D eigenvalue weighted by molar-refractivity contribution is 6.33. The van der Waals surface area contributed by atoms with Gasteiger partial charge in [0.15, 0.2) is 11.5 Å². The molecule has 0 aliphatic carbocycles. The lowest BCUT2D eigenvalue weighted by Crippen LogP contribution is -2.10. The fraction of sp³-hybridized carbons (Fsp3) is 0. The van der Waals surface area contributed by atoms with Gasteiger partial charge < -0.3 is 28.4 Å². The first-order chi connectivity index (χ1) is 54.5. The topological polar surface area (TPSA) is 34.8 Å². The minimum absolute atomic E-state index is 0.0787. The van der Waals surface area contributed by atoms with Gasteiger partial charge in [-0.3, -0.25) is 0 Å². The second kappa shape index (κ2) is 22.4. The molecule has 0 radical (unpaired) electrons. The molecule has 6 nitrogen and oxygen atoms in total. The van der Waals surface area contributed by atoms with E-state index in [0.29, 0.717) is 43.6 Å². The van der Waals surface area contributed by atoms with Gasteiger partial charge >= 0.3 is 0 Å². The number of fused-ring (bicyclic) bond motifs is 6. The van der Waals surface area contributed by atoms with Crippen LogP contribution in [0, 0.1) is 0 Å². The molecule has 0 atom stereocenters. The third-order valence-electron chi connectivity index (χ3n) is 14.1. The molecule has 0 aliphatic heterocycles. The molecule has 0 spiro atoms. The molecule has 2 heterocycles. The van der Waals surface area contributed by atoms with E-state index in [1.807, 2.05) is 0 Å². The Morgan fingerprint density at radius 1 is 0.279 bits per heavy atom. The summed E-state index contributed by atoms with van der Waals surface area (Å²) in [5.74, 6) is -0.510. The van der Waals surface area contributed by atoms with Crippen LogP contribution in [0.2, 0.25) is 10.0 Å². The molecule has 0 aliphatic rings. The number of para-hydroxylation sites is 6. The smallest absolute Gasteiger partial charge is 0.153 e. The van der Waals surface area contributed by atoms with Gasteiger partial charge in [0.1, 0.15) is 11.5 Å². The molecule has 15 rings (SSSR count). The molecule has 0 fully saturated rings. The van der Waals surface area contributed by atoms with Crippen LogP contribution < -0.4 is 19.3 Å². The standard InChI is InChI=1S/C78H52Cl2N4O2/c79-67-49-61(81(57-27-11-3-12-28-57)58-29-13-4-14-30-58)41-45-75(67)85-77-52-74(84-70-38-22-20-36-64(70)66-48-56(40-44-72(66)84)54-25-9-2-10-26-54)78(86-76-46-42-62(50-68(76)80)82(59-31-15-5-16-32-59)60-33-17-6-18-34-60)51-73(77)83-69-37-21-19-35-63(69)65-47-55(39-43-71(65)83)53-23-7-1-8-24-53/h1-52H/i1D,2D,3D,4D,5D,6D,7D,8D,9D,10D,11D,12D,13D,14D,15D,16D,17D,18D,23D,24D,25D,26D,27D,28D,29D,30D,31D,32D,33D. The van der Waals surface area contributed by atoms with Gasteiger partial charge in [0.2, 0.25) is 0 Å². The van der Waals surface area contributed by atoms with Crippen LogP contribution in [0.3, 0.4) is 0 Å². The van der Waals surface area contributed by atoms with Crippen LogP contribution in [-0.2, 0) is 0 Å². The molecular weight excluding hydrogens is 1100 g/mol. The minimum Gasteiger partial charge on any atom is -0.454 e. The Morgan fingerprint density at radius 3 is 1.06 bits per heavy atom. The lowest BCUT2D eigenvalue weighted by molar-refractivity contribution is 0.466. The quantitative estimate of drug-likeness (QED) is 0.109. The maximum Gasteiger partial charge on any atom is 0.153 e. The van der Waals surface area contributed by atoms with Crippen molar-refractivity contribution in [2.75, 3.05) is 9.80 Å². The first kappa shape index (κ1) is 29.7. The summed E-state index contributed by atoms with van der Waals surface area (Å²) >= 11 is 14.9. The zero-order valence-electron chi connectivity index (χ0n) is 73.1. The van der Waals surface area contributed by atoms with Gasteiger partial charge in [-0.05, 0) is 143 Å². The summed E-state index contributed by atoms with van der Waals surface area (Å²) in [5, 5.41) is 1.45. The summed E-state index contributed by atoms with van der Waals surface area (Å²) in [5.41, 5.74) is -0.293. The summed E-state index contributed by atoms with van der Waals surface area (Å²) in [6, 6.07) is 15.8. The predicted molar refractivity (Wildman–Crippen MR) is 358 cm³/mol. The second-order valence-electron chi connectivity index (χ2n) is 19.0. The van der Waals surface area contributed by atoms with Gasteiger partial charge in [-0.2, -0.15) is 0 Å². The van der Waals surface area contributed by atoms with Crippen LogP contribution in [0.4, 0.5) is 34.1 Å². The molecule has 0 N–H and O–H groups in total. The molecule has 0 amide bonds. The lowest BCUT2D eigenvalue weighted by atomic mass is 10.0. The van der Waals surface area contributed by atoms with Crippen molar-refractivity contribution in [2.24, 2.45) is 0 Å². The molecule has 2 aromatic heterocycles. The summed E-state index contributed by atoms with van der Waals surface area (Å²) < 4.78 is 273. The summed E-state index contributed by atoms with van der Waals surface area (Å²) in [6.07, 6.45) is 0. The summed E-state index contributed by atoms with van der Waals surface area (Å²) in [7, 11) is 0. The zero-order chi connectivity index (χ0) is 82.7. The Kier molecular flexibility index (Phi) is 7.74. The average Bonchev–Trinajstić information content (AvgIpc) is 1.65. The Hall–Kier alpha value is -10.8. The number of anilines is 6. The Bertz CT molecular complexity index is 6600. The summed E-state index contributed by atoms with van der Waals surface area (Å²) in [4.78, 5) is 1.95. The largest absolute Gasteiger partial charge is 0.454 e. The van der Waals surface area contributed by atoms with Crippen molar-refractivity contribution >= 4 is 101 Å². The van der Waals surface area contributed by atoms with Crippen LogP contribution in [0.1, 0.15) is 39.8 Å². The van der Waals surface area contributed by atoms with Crippen molar-refractivity contribution in [1.82, 2.24) is 9.13 Å². The number of benzene rings is 13. The fourth-order valence-electron chi connectivity index (χ4n) is 10.5. The highest BCUT2D eigenvalue weighted by Gasteiger charge is 2.26. The van der Waals surface area contributed by atoms with E-state index in [0.717, 1.165) is 15.9 Å². The molecule has 0 unspecified atom stereocenters. The fourth-order valence-corrected chi connectivity index (χ4v) is 10.9. The number of aromatic nitrogens is 2. The van der Waals surface area contributed by atoms with Crippen LogP contribution >= 0.6 is 23.2 Å². The van der Waals surface area contributed by atoms with Gasteiger partial charge in [0.25, 0.3) is 0 Å². The van der Waals surface area contributed by atoms with Crippen molar-refractivity contribution < 1.29 is 49.2 Å². The van der Waals surface area contributed by atoms with E-state index in [1.54, 1.807) is 106 Å². The number of hydrogen-bond acceptors (Lipinski definition) is 4. The predicted octanol–water partition coefficient (Wildman–Crippen LogP) is 23.0. The summed E-state index contributed by atoms with van der Waals surface area (Å²) in [6.45, 7) is 0. The highest BCUT2D eigenvalue weighted by atomic mass is 35.5. The Morgan fingerprint density at radius 2 is 0.640 bits per heavy atom. The molecule has 410 valence electrons. The van der Waals surface area contributed by atoms with E-state index in [4.69, 9.17) is 72.4 Å². The van der Waals surface area contributed by atoms with Crippen molar-refractivity contribution in [1.29, 1.82) is 0 Å². The average molecular weight is 1180 g/mol. The van der Waals surface area contributed by atoms with Crippen LogP contribution in [0.15, 0.2) is 315 Å². The van der Waals surface area contributed by atoms with Gasteiger partial charge in [-0.1, -0.05) is 205 Å².